The van der Waals surface area contributed by atoms with Crippen LogP contribution in [0.2, 0.25) is 13.1 Å². The van der Waals surface area contributed by atoms with E-state index < -0.39 is 21.5 Å². The second-order valence-corrected chi connectivity index (χ2v) is 58.3. The van der Waals surface area contributed by atoms with Gasteiger partial charge in [-0.3, -0.25) is 0 Å². The first kappa shape index (κ1) is 36.0. The Morgan fingerprint density at radius 2 is 1.17 bits per heavy atom. The molecule has 6 aromatic carbocycles. The summed E-state index contributed by atoms with van der Waals surface area (Å²) in [4.78, 5) is 0. The van der Waals surface area contributed by atoms with Crippen LogP contribution in [0.1, 0.15) is 75.1 Å². The van der Waals surface area contributed by atoms with E-state index in [1.54, 1.807) is 0 Å². The molecule has 8 rings (SSSR count). The summed E-state index contributed by atoms with van der Waals surface area (Å²) in [6.45, 7) is 14.3. The van der Waals surface area contributed by atoms with Crippen LogP contribution in [0.15, 0.2) is 126 Å². The Hall–Kier alpha value is -3.00. The number of aryl methyl sites for hydroxylation is 1. The number of fused-ring (bicyclic) bond motifs is 4. The average molecular weight is 816 g/mol. The molecule has 3 atom stereocenters. The maximum atomic E-state index is 8.90. The first-order chi connectivity index (χ1) is 25.1. The van der Waals surface area contributed by atoms with Gasteiger partial charge in [0.05, 0.1) is 0 Å². The van der Waals surface area contributed by atoms with Crippen LogP contribution >= 0.6 is 17.0 Å². The Kier molecular flexibility index (Phi) is 9.48. The molecule has 0 N–H and O–H groups in total. The maximum absolute atomic E-state index is 8.90. The zero-order valence-electron chi connectivity index (χ0n) is 31.3. The Balaban J connectivity index is 1.39. The third kappa shape index (κ3) is 5.46. The van der Waals surface area contributed by atoms with E-state index >= 15 is 0 Å². The molecule has 263 valence electrons. The van der Waals surface area contributed by atoms with Crippen molar-refractivity contribution in [1.82, 2.24) is 0 Å². The number of benzene rings is 6. The summed E-state index contributed by atoms with van der Waals surface area (Å²) in [6.07, 6.45) is 8.42. The number of allylic oxidation sites excluding steroid dienone is 2. The summed E-state index contributed by atoms with van der Waals surface area (Å²) in [5.74, 6) is -1.27. The fourth-order valence-electron chi connectivity index (χ4n) is 10.1. The summed E-state index contributed by atoms with van der Waals surface area (Å²) >= 11 is -4.99. The average Bonchev–Trinajstić information content (AvgIpc) is 3.73. The van der Waals surface area contributed by atoms with Crippen LogP contribution < -0.4 is 0 Å². The third-order valence-corrected chi connectivity index (χ3v) is 64.6. The van der Waals surface area contributed by atoms with Crippen LogP contribution in [0, 0.1) is 12.8 Å². The molecule has 0 radical (unpaired) electrons. The monoisotopic (exact) mass is 813 g/mol. The molecule has 4 heteroatoms. The Bertz CT molecular complexity index is 2430. The topological polar surface area (TPSA) is 0 Å². The Labute approximate surface area is 319 Å². The minimum atomic E-state index is -4.99. The van der Waals surface area contributed by atoms with Gasteiger partial charge in [0.2, 0.25) is 0 Å². The van der Waals surface area contributed by atoms with Gasteiger partial charge >= 0.3 is 322 Å². The molecule has 0 aliphatic heterocycles. The fraction of sp³-hybridized carbons (Fsp3) is 0.250. The first-order valence-electron chi connectivity index (χ1n) is 19.3. The van der Waals surface area contributed by atoms with Crippen molar-refractivity contribution in [3.05, 3.63) is 154 Å². The molecule has 0 fully saturated rings. The minimum absolute atomic E-state index is 0.0565. The number of hydrogen-bond donors (Lipinski definition) is 0. The molecule has 0 heterocycles. The summed E-state index contributed by atoms with van der Waals surface area (Å²) in [6, 6.07) is 42.6. The molecule has 6 aromatic rings. The summed E-state index contributed by atoms with van der Waals surface area (Å²) in [5, 5.41) is 5.10. The molecular formula is C48H49Cl2SiZr. The van der Waals surface area contributed by atoms with Crippen LogP contribution in [0.5, 0.6) is 0 Å². The van der Waals surface area contributed by atoms with Gasteiger partial charge in [0.15, 0.2) is 0 Å². The Morgan fingerprint density at radius 3 is 1.77 bits per heavy atom. The van der Waals surface area contributed by atoms with E-state index in [1.807, 2.05) is 0 Å². The molecule has 0 aromatic heterocycles. The van der Waals surface area contributed by atoms with E-state index in [0.29, 0.717) is 5.92 Å². The van der Waals surface area contributed by atoms with Crippen molar-refractivity contribution in [1.29, 1.82) is 0 Å². The summed E-state index contributed by atoms with van der Waals surface area (Å²) in [7, 11) is 17.8. The molecule has 3 unspecified atom stereocenters. The van der Waals surface area contributed by atoms with Crippen molar-refractivity contribution in [2.75, 3.05) is 0 Å². The fourth-order valence-corrected chi connectivity index (χ4v) is 42.1. The van der Waals surface area contributed by atoms with Crippen LogP contribution in [-0.2, 0) is 15.6 Å². The zero-order valence-corrected chi connectivity index (χ0v) is 36.4. The number of hydrogen-bond acceptors (Lipinski definition) is 0. The van der Waals surface area contributed by atoms with Crippen molar-refractivity contribution in [3.8, 4) is 22.3 Å². The zero-order chi connectivity index (χ0) is 36.4. The molecule has 0 nitrogen and oxygen atoms in total. The van der Waals surface area contributed by atoms with E-state index in [-0.39, 0.29) is 7.25 Å². The van der Waals surface area contributed by atoms with Gasteiger partial charge in [0.25, 0.3) is 0 Å². The SMILES string of the molecule is CCCC(CC)C1=Cc2c(-c3cccc4ccccc34)cccc2[CH]1[Zr]([Cl])([Cl])([CH]1C(C)=Cc2c(-c3cccc4ccccc34)ccc(C)c21)[SiH](C)C. The van der Waals surface area contributed by atoms with Crippen molar-refractivity contribution >= 4 is 56.6 Å². The van der Waals surface area contributed by atoms with E-state index in [4.69, 9.17) is 17.0 Å². The van der Waals surface area contributed by atoms with Crippen molar-refractivity contribution < 1.29 is 15.6 Å². The van der Waals surface area contributed by atoms with Gasteiger partial charge in [-0.1, -0.05) is 0 Å². The quantitative estimate of drug-likeness (QED) is 0.128. The van der Waals surface area contributed by atoms with Crippen molar-refractivity contribution in [2.24, 2.45) is 5.92 Å². The molecule has 52 heavy (non-hydrogen) atoms. The van der Waals surface area contributed by atoms with Gasteiger partial charge in [-0.25, -0.2) is 0 Å². The van der Waals surface area contributed by atoms with Gasteiger partial charge < -0.3 is 0 Å². The van der Waals surface area contributed by atoms with Crippen molar-refractivity contribution in [2.45, 2.75) is 67.3 Å². The molecular weight excluding hydrogens is 767 g/mol. The number of halogens is 2. The molecule has 0 bridgehead atoms. The summed E-state index contributed by atoms with van der Waals surface area (Å²) in [5.41, 5.74) is 14.7. The van der Waals surface area contributed by atoms with Gasteiger partial charge in [-0.2, -0.15) is 0 Å². The number of rotatable bonds is 9. The van der Waals surface area contributed by atoms with E-state index in [2.05, 4.69) is 168 Å². The van der Waals surface area contributed by atoms with Gasteiger partial charge in [-0.05, 0) is 0 Å². The normalized spacial score (nSPS) is 18.2. The standard InChI is InChI=1S/C25H25.C21H17.C2H7Si.2ClH.Zr/c1-3-9-18(4-2)21-16-20-12-8-15-24(25(20)17-21)23-14-7-11-19-10-5-6-13-22(19)23;1-14-12-20-15(2)10-11-19(21(20)13-14)18-9-5-7-16-6-3-4-8-17(16)18;1-3-2;;;/h5-8,10-18H,3-4,9H2,1-2H3;3-13H,1-2H3;3H,1-2H3;2*1H;/q;;;;;+2/p-2. The third-order valence-electron chi connectivity index (χ3n) is 12.7. The Morgan fingerprint density at radius 1 is 0.615 bits per heavy atom. The second kappa shape index (κ2) is 13.7. The van der Waals surface area contributed by atoms with Crippen LogP contribution in [0.25, 0.3) is 56.0 Å². The van der Waals surface area contributed by atoms with E-state index in [9.17, 15) is 0 Å². The van der Waals surface area contributed by atoms with Gasteiger partial charge in [-0.15, -0.1) is 0 Å². The molecule has 0 amide bonds. The van der Waals surface area contributed by atoms with Crippen LogP contribution in [0.4, 0.5) is 0 Å². The van der Waals surface area contributed by atoms with Gasteiger partial charge in [0, 0.05) is 0 Å². The predicted molar refractivity (Wildman–Crippen MR) is 230 cm³/mol. The molecule has 0 spiro atoms. The van der Waals surface area contributed by atoms with Gasteiger partial charge in [0.1, 0.15) is 0 Å². The molecule has 0 saturated carbocycles. The molecule has 0 saturated heterocycles. The second-order valence-electron chi connectivity index (χ2n) is 15.8. The van der Waals surface area contributed by atoms with Crippen LogP contribution in [-0.4, -0.2) is 5.92 Å². The van der Waals surface area contributed by atoms with E-state index in [1.165, 1.54) is 82.8 Å². The summed E-state index contributed by atoms with van der Waals surface area (Å²) < 4.78 is 0.124. The first-order valence-corrected chi connectivity index (χ1v) is 35.6. The van der Waals surface area contributed by atoms with Crippen LogP contribution in [0.3, 0.4) is 0 Å². The molecule has 2 aliphatic carbocycles. The predicted octanol–water partition coefficient (Wildman–Crippen LogP) is 15.0. The molecule has 2 aliphatic rings. The van der Waals surface area contributed by atoms with E-state index in [0.717, 1.165) is 19.3 Å². The van der Waals surface area contributed by atoms with Crippen molar-refractivity contribution in [3.63, 3.8) is 0 Å².